The van der Waals surface area contributed by atoms with Crippen LogP contribution in [0.2, 0.25) is 0 Å². The van der Waals surface area contributed by atoms with Gasteiger partial charge in [-0.05, 0) is 18.5 Å². The number of nitrogens with one attached hydrogen (secondary N) is 1. The van der Waals surface area contributed by atoms with Crippen LogP contribution in [0.5, 0.6) is 0 Å². The third-order valence-corrected chi connectivity index (χ3v) is 2.40. The van der Waals surface area contributed by atoms with Gasteiger partial charge >= 0.3 is 0 Å². The van der Waals surface area contributed by atoms with Crippen LogP contribution in [0, 0.1) is 5.92 Å². The van der Waals surface area contributed by atoms with Gasteiger partial charge in [0.05, 0.1) is 5.69 Å². The Kier molecular flexibility index (Phi) is 5.35. The van der Waals surface area contributed by atoms with E-state index in [1.807, 2.05) is 6.07 Å². The van der Waals surface area contributed by atoms with Crippen molar-refractivity contribution < 1.29 is 4.74 Å². The predicted octanol–water partition coefficient (Wildman–Crippen LogP) is 1.93. The normalized spacial score (nSPS) is 13.1. The largest absolute Gasteiger partial charge is 0.373 e. The molecule has 1 aromatic heterocycles. The molecule has 0 fully saturated rings. The zero-order chi connectivity index (χ0) is 12.0. The highest BCUT2D eigenvalue weighted by molar-refractivity contribution is 5.04. The molecule has 0 aliphatic rings. The summed E-state index contributed by atoms with van der Waals surface area (Å²) in [6.07, 6.45) is 1.77. The molecule has 0 saturated carbocycles. The molecule has 4 heteroatoms. The van der Waals surface area contributed by atoms with E-state index in [-0.39, 0.29) is 6.10 Å². The fourth-order valence-corrected chi connectivity index (χ4v) is 1.58. The van der Waals surface area contributed by atoms with Crippen molar-refractivity contribution >= 4 is 0 Å². The second kappa shape index (κ2) is 6.55. The molecule has 16 heavy (non-hydrogen) atoms. The van der Waals surface area contributed by atoms with Gasteiger partial charge in [-0.25, -0.2) is 9.97 Å². The number of methoxy groups -OCH3 is 1. The standard InChI is InChI=1S/C12H21N3O/c1-5-13-8-10-6-7-14-12(15-10)11(16-4)9(2)3/h6-7,9,11,13H,5,8H2,1-4H3. The van der Waals surface area contributed by atoms with E-state index in [2.05, 4.69) is 36.1 Å². The SMILES string of the molecule is CCNCc1ccnc(C(OC)C(C)C)n1. The van der Waals surface area contributed by atoms with E-state index in [0.717, 1.165) is 24.6 Å². The van der Waals surface area contributed by atoms with Gasteiger partial charge < -0.3 is 10.1 Å². The minimum atomic E-state index is -0.0263. The summed E-state index contributed by atoms with van der Waals surface area (Å²) in [5.74, 6) is 1.15. The Morgan fingerprint density at radius 2 is 2.19 bits per heavy atom. The van der Waals surface area contributed by atoms with Crippen molar-refractivity contribution in [1.82, 2.24) is 15.3 Å². The summed E-state index contributed by atoms with van der Waals surface area (Å²) < 4.78 is 5.41. The Balaban J connectivity index is 2.79. The van der Waals surface area contributed by atoms with Crippen LogP contribution in [-0.2, 0) is 11.3 Å². The van der Waals surface area contributed by atoms with Gasteiger partial charge in [-0.1, -0.05) is 20.8 Å². The molecular weight excluding hydrogens is 202 g/mol. The molecule has 0 aliphatic carbocycles. The molecule has 0 saturated heterocycles. The minimum Gasteiger partial charge on any atom is -0.373 e. The van der Waals surface area contributed by atoms with Crippen molar-refractivity contribution in [2.45, 2.75) is 33.4 Å². The first kappa shape index (κ1) is 13.1. The molecule has 4 nitrogen and oxygen atoms in total. The van der Waals surface area contributed by atoms with Crippen molar-refractivity contribution in [3.8, 4) is 0 Å². The second-order valence-corrected chi connectivity index (χ2v) is 4.09. The Hall–Kier alpha value is -1.00. The van der Waals surface area contributed by atoms with Crippen LogP contribution >= 0.6 is 0 Å². The molecular formula is C12H21N3O. The Bertz CT molecular complexity index is 315. The summed E-state index contributed by atoms with van der Waals surface area (Å²) in [6.45, 7) is 8.01. The molecule has 0 aromatic carbocycles. The zero-order valence-corrected chi connectivity index (χ0v) is 10.5. The van der Waals surface area contributed by atoms with Crippen LogP contribution in [0.25, 0.3) is 0 Å². The lowest BCUT2D eigenvalue weighted by Crippen LogP contribution is -2.17. The smallest absolute Gasteiger partial charge is 0.157 e. The molecule has 1 heterocycles. The van der Waals surface area contributed by atoms with Gasteiger partial charge in [0.25, 0.3) is 0 Å². The van der Waals surface area contributed by atoms with Crippen molar-refractivity contribution in [2.75, 3.05) is 13.7 Å². The van der Waals surface area contributed by atoms with E-state index in [1.165, 1.54) is 0 Å². The summed E-state index contributed by atoms with van der Waals surface area (Å²) in [5.41, 5.74) is 1.01. The minimum absolute atomic E-state index is 0.0263. The van der Waals surface area contributed by atoms with Crippen molar-refractivity contribution in [3.05, 3.63) is 23.8 Å². The lowest BCUT2D eigenvalue weighted by Gasteiger charge is -2.17. The average molecular weight is 223 g/mol. The van der Waals surface area contributed by atoms with E-state index in [9.17, 15) is 0 Å². The molecule has 1 unspecified atom stereocenters. The number of ether oxygens (including phenoxy) is 1. The zero-order valence-electron chi connectivity index (χ0n) is 10.5. The van der Waals surface area contributed by atoms with Crippen LogP contribution in [0.15, 0.2) is 12.3 Å². The Morgan fingerprint density at radius 1 is 1.44 bits per heavy atom. The van der Waals surface area contributed by atoms with E-state index in [1.54, 1.807) is 13.3 Å². The monoisotopic (exact) mass is 223 g/mol. The highest BCUT2D eigenvalue weighted by atomic mass is 16.5. The molecule has 1 N–H and O–H groups in total. The summed E-state index contributed by atoms with van der Waals surface area (Å²) in [7, 11) is 1.70. The quantitative estimate of drug-likeness (QED) is 0.800. The fourth-order valence-electron chi connectivity index (χ4n) is 1.58. The lowest BCUT2D eigenvalue weighted by molar-refractivity contribution is 0.0572. The van der Waals surface area contributed by atoms with Crippen LogP contribution in [0.3, 0.4) is 0 Å². The van der Waals surface area contributed by atoms with Crippen molar-refractivity contribution in [3.63, 3.8) is 0 Å². The van der Waals surface area contributed by atoms with Crippen molar-refractivity contribution in [2.24, 2.45) is 5.92 Å². The molecule has 0 radical (unpaired) electrons. The number of hydrogen-bond donors (Lipinski definition) is 1. The van der Waals surface area contributed by atoms with Gasteiger partial charge in [-0.15, -0.1) is 0 Å². The van der Waals surface area contributed by atoms with Gasteiger partial charge in [-0.3, -0.25) is 0 Å². The molecule has 0 spiro atoms. The number of nitrogens with zero attached hydrogens (tertiary/aromatic N) is 2. The molecule has 1 rings (SSSR count). The highest BCUT2D eigenvalue weighted by Gasteiger charge is 2.17. The van der Waals surface area contributed by atoms with Gasteiger partial charge in [0.2, 0.25) is 0 Å². The summed E-state index contributed by atoms with van der Waals surface area (Å²) in [5, 5.41) is 3.25. The maximum absolute atomic E-state index is 5.41. The highest BCUT2D eigenvalue weighted by Crippen LogP contribution is 2.21. The average Bonchev–Trinajstić information content (AvgIpc) is 2.27. The maximum Gasteiger partial charge on any atom is 0.157 e. The maximum atomic E-state index is 5.41. The first-order valence-electron chi connectivity index (χ1n) is 5.74. The van der Waals surface area contributed by atoms with E-state index >= 15 is 0 Å². The first-order valence-corrected chi connectivity index (χ1v) is 5.74. The van der Waals surface area contributed by atoms with E-state index < -0.39 is 0 Å². The van der Waals surface area contributed by atoms with Crippen LogP contribution < -0.4 is 5.32 Å². The van der Waals surface area contributed by atoms with Crippen molar-refractivity contribution in [1.29, 1.82) is 0 Å². The van der Waals surface area contributed by atoms with E-state index in [0.29, 0.717) is 5.92 Å². The summed E-state index contributed by atoms with van der Waals surface area (Å²) in [6, 6.07) is 1.93. The number of rotatable bonds is 6. The predicted molar refractivity (Wildman–Crippen MR) is 64.0 cm³/mol. The number of hydrogen-bond acceptors (Lipinski definition) is 4. The van der Waals surface area contributed by atoms with Crippen LogP contribution in [0.4, 0.5) is 0 Å². The van der Waals surface area contributed by atoms with Gasteiger partial charge in [0.15, 0.2) is 5.82 Å². The van der Waals surface area contributed by atoms with Gasteiger partial charge in [0, 0.05) is 19.9 Å². The molecule has 0 amide bonds. The molecule has 90 valence electrons. The number of aromatic nitrogens is 2. The van der Waals surface area contributed by atoms with Gasteiger partial charge in [0.1, 0.15) is 6.10 Å². The Labute approximate surface area is 97.5 Å². The lowest BCUT2D eigenvalue weighted by atomic mass is 10.1. The topological polar surface area (TPSA) is 47.0 Å². The van der Waals surface area contributed by atoms with E-state index in [4.69, 9.17) is 4.74 Å². The summed E-state index contributed by atoms with van der Waals surface area (Å²) >= 11 is 0. The molecule has 0 bridgehead atoms. The van der Waals surface area contributed by atoms with Crippen LogP contribution in [0.1, 0.15) is 38.4 Å². The van der Waals surface area contributed by atoms with Crippen LogP contribution in [-0.4, -0.2) is 23.6 Å². The summed E-state index contributed by atoms with van der Waals surface area (Å²) in [4.78, 5) is 8.78. The Morgan fingerprint density at radius 3 is 2.75 bits per heavy atom. The molecule has 1 atom stereocenters. The first-order chi connectivity index (χ1) is 7.69. The molecule has 1 aromatic rings. The second-order valence-electron chi connectivity index (χ2n) is 4.09. The third-order valence-electron chi connectivity index (χ3n) is 2.40. The fraction of sp³-hybridized carbons (Fsp3) is 0.667. The molecule has 0 aliphatic heterocycles. The third kappa shape index (κ3) is 3.54. The van der Waals surface area contributed by atoms with Gasteiger partial charge in [-0.2, -0.15) is 0 Å².